The van der Waals surface area contributed by atoms with Gasteiger partial charge in [0.1, 0.15) is 5.75 Å². The molecule has 0 unspecified atom stereocenters. The molecule has 2 aromatic carbocycles. The van der Waals surface area contributed by atoms with E-state index in [1.807, 2.05) is 25.1 Å². The van der Waals surface area contributed by atoms with Crippen LogP contribution < -0.4 is 10.1 Å². The van der Waals surface area contributed by atoms with Gasteiger partial charge in [0, 0.05) is 22.7 Å². The van der Waals surface area contributed by atoms with Crippen molar-refractivity contribution in [3.63, 3.8) is 0 Å². The van der Waals surface area contributed by atoms with Crippen LogP contribution in [0, 0.1) is 6.92 Å². The van der Waals surface area contributed by atoms with Crippen molar-refractivity contribution in [3.05, 3.63) is 77.1 Å². The van der Waals surface area contributed by atoms with Gasteiger partial charge < -0.3 is 14.8 Å². The number of ether oxygens (including phenoxy) is 2. The second kappa shape index (κ2) is 8.63. The monoisotopic (exact) mass is 442 g/mol. The first kappa shape index (κ1) is 21.8. The largest absolute Gasteiger partial charge is 0.497 e. The Labute approximate surface area is 183 Å². The van der Waals surface area contributed by atoms with Crippen LogP contribution in [0.5, 0.6) is 5.75 Å². The van der Waals surface area contributed by atoms with Crippen molar-refractivity contribution < 1.29 is 27.4 Å². The van der Waals surface area contributed by atoms with E-state index >= 15 is 0 Å². The summed E-state index contributed by atoms with van der Waals surface area (Å²) in [6, 6.07) is 11.9. The van der Waals surface area contributed by atoms with Crippen molar-refractivity contribution >= 4 is 11.6 Å². The number of anilines is 1. The van der Waals surface area contributed by atoms with Gasteiger partial charge in [0.2, 0.25) is 0 Å². The van der Waals surface area contributed by atoms with Crippen LogP contribution in [0.15, 0.2) is 54.7 Å². The van der Waals surface area contributed by atoms with Gasteiger partial charge in [-0.05, 0) is 54.4 Å². The van der Waals surface area contributed by atoms with Crippen LogP contribution in [-0.2, 0) is 10.9 Å². The molecule has 32 heavy (non-hydrogen) atoms. The summed E-state index contributed by atoms with van der Waals surface area (Å²) in [7, 11) is 1.59. The number of aromatic nitrogens is 1. The van der Waals surface area contributed by atoms with Crippen LogP contribution in [-0.4, -0.2) is 31.2 Å². The Bertz CT molecular complexity index is 1160. The lowest BCUT2D eigenvalue weighted by Crippen LogP contribution is -2.25. The Hall–Kier alpha value is -3.39. The third-order valence-corrected chi connectivity index (χ3v) is 5.38. The lowest BCUT2D eigenvalue weighted by atomic mass is 9.93. The Morgan fingerprint density at radius 1 is 1.16 bits per heavy atom. The summed E-state index contributed by atoms with van der Waals surface area (Å²) in [4.78, 5) is 16.9. The minimum Gasteiger partial charge on any atom is -0.497 e. The van der Waals surface area contributed by atoms with E-state index in [2.05, 4.69) is 10.3 Å². The minimum atomic E-state index is -4.52. The summed E-state index contributed by atoms with van der Waals surface area (Å²) in [6.07, 6.45) is -3.05. The highest BCUT2D eigenvalue weighted by molar-refractivity contribution is 6.04. The number of carbonyl (C=O) groups excluding carboxylic acids is 1. The van der Waals surface area contributed by atoms with Gasteiger partial charge in [0.25, 0.3) is 5.91 Å². The molecule has 1 amide bonds. The molecule has 4 rings (SSSR count). The molecule has 0 bridgehead atoms. The van der Waals surface area contributed by atoms with Crippen molar-refractivity contribution in [2.45, 2.75) is 19.0 Å². The zero-order valence-corrected chi connectivity index (χ0v) is 17.5. The Kier molecular flexibility index (Phi) is 5.88. The zero-order valence-electron chi connectivity index (χ0n) is 17.5. The number of methoxy groups -OCH3 is 1. The SMILES string of the molecule is COc1cc(-c2cc(NC(=O)c3cccc(C(F)(F)F)c3)cnc2C)cc(C2COC2)c1. The standard InChI is InChI=1S/C24H21F3N2O3/c1-14-22(17-6-16(18-12-32-13-18)8-21(9-17)31-2)10-20(11-28-14)29-23(30)15-4-3-5-19(7-15)24(25,26)27/h3-11,18H,12-13H2,1-2H3,(H,29,30). The van der Waals surface area contributed by atoms with Gasteiger partial charge in [0.05, 0.1) is 37.8 Å². The molecule has 0 aliphatic carbocycles. The molecule has 1 saturated heterocycles. The third kappa shape index (κ3) is 4.60. The van der Waals surface area contributed by atoms with Gasteiger partial charge in [-0.2, -0.15) is 13.2 Å². The van der Waals surface area contributed by atoms with Crippen LogP contribution in [0.1, 0.15) is 33.1 Å². The van der Waals surface area contributed by atoms with E-state index in [9.17, 15) is 18.0 Å². The number of rotatable bonds is 5. The second-order valence-corrected chi connectivity index (χ2v) is 7.62. The van der Waals surface area contributed by atoms with Crippen LogP contribution in [0.25, 0.3) is 11.1 Å². The molecule has 1 aliphatic rings. The third-order valence-electron chi connectivity index (χ3n) is 5.38. The van der Waals surface area contributed by atoms with Gasteiger partial charge in [-0.25, -0.2) is 0 Å². The van der Waals surface area contributed by atoms with Gasteiger partial charge in [-0.1, -0.05) is 12.1 Å². The number of halogens is 3. The normalized spacial score (nSPS) is 14.0. The van der Waals surface area contributed by atoms with Crippen LogP contribution >= 0.6 is 0 Å². The molecule has 1 aliphatic heterocycles. The maximum absolute atomic E-state index is 13.0. The Balaban J connectivity index is 1.63. The lowest BCUT2D eigenvalue weighted by Gasteiger charge is -2.27. The maximum atomic E-state index is 13.0. The first-order valence-electron chi connectivity index (χ1n) is 9.97. The number of pyridine rings is 1. The topological polar surface area (TPSA) is 60.5 Å². The summed E-state index contributed by atoms with van der Waals surface area (Å²) in [5.74, 6) is 0.341. The van der Waals surface area contributed by atoms with E-state index in [0.717, 1.165) is 34.5 Å². The van der Waals surface area contributed by atoms with E-state index in [0.29, 0.717) is 30.6 Å². The number of carbonyl (C=O) groups is 1. The molecule has 166 valence electrons. The van der Waals surface area contributed by atoms with Gasteiger partial charge >= 0.3 is 6.18 Å². The number of alkyl halides is 3. The Morgan fingerprint density at radius 3 is 2.59 bits per heavy atom. The number of amides is 1. The molecule has 0 radical (unpaired) electrons. The fourth-order valence-electron chi connectivity index (χ4n) is 3.49. The highest BCUT2D eigenvalue weighted by Gasteiger charge is 2.31. The maximum Gasteiger partial charge on any atom is 0.416 e. The smallest absolute Gasteiger partial charge is 0.416 e. The zero-order chi connectivity index (χ0) is 22.9. The first-order valence-corrected chi connectivity index (χ1v) is 9.97. The molecule has 1 N–H and O–H groups in total. The lowest BCUT2D eigenvalue weighted by molar-refractivity contribution is -0.137. The van der Waals surface area contributed by atoms with Crippen molar-refractivity contribution in [2.24, 2.45) is 0 Å². The molecule has 3 aromatic rings. The molecule has 8 heteroatoms. The minimum absolute atomic E-state index is 0.0874. The second-order valence-electron chi connectivity index (χ2n) is 7.62. The summed E-state index contributed by atoms with van der Waals surface area (Å²) < 4.78 is 49.6. The summed E-state index contributed by atoms with van der Waals surface area (Å²) >= 11 is 0. The summed E-state index contributed by atoms with van der Waals surface area (Å²) in [5, 5.41) is 2.64. The van der Waals surface area contributed by atoms with E-state index in [-0.39, 0.29) is 5.56 Å². The average molecular weight is 442 g/mol. The number of aryl methyl sites for hydroxylation is 1. The number of nitrogens with zero attached hydrogens (tertiary/aromatic N) is 1. The highest BCUT2D eigenvalue weighted by Crippen LogP contribution is 2.34. The van der Waals surface area contributed by atoms with Crippen LogP contribution in [0.3, 0.4) is 0 Å². The molecular formula is C24H21F3N2O3. The summed E-state index contributed by atoms with van der Waals surface area (Å²) in [6.45, 7) is 3.15. The fourth-order valence-corrected chi connectivity index (χ4v) is 3.49. The van der Waals surface area contributed by atoms with Gasteiger partial charge in [-0.3, -0.25) is 9.78 Å². The molecule has 1 fully saturated rings. The van der Waals surface area contributed by atoms with E-state index < -0.39 is 17.6 Å². The fraction of sp³-hybridized carbons (Fsp3) is 0.250. The predicted molar refractivity (Wildman–Crippen MR) is 114 cm³/mol. The van der Waals surface area contributed by atoms with E-state index in [1.165, 1.54) is 18.3 Å². The Morgan fingerprint density at radius 2 is 1.94 bits per heavy atom. The van der Waals surface area contributed by atoms with Crippen molar-refractivity contribution in [1.29, 1.82) is 0 Å². The molecule has 5 nitrogen and oxygen atoms in total. The molecular weight excluding hydrogens is 421 g/mol. The van der Waals surface area contributed by atoms with E-state index in [4.69, 9.17) is 9.47 Å². The van der Waals surface area contributed by atoms with Gasteiger partial charge in [0.15, 0.2) is 0 Å². The number of nitrogens with one attached hydrogen (secondary N) is 1. The molecule has 1 aromatic heterocycles. The number of hydrogen-bond donors (Lipinski definition) is 1. The van der Waals surface area contributed by atoms with Crippen molar-refractivity contribution in [1.82, 2.24) is 4.98 Å². The molecule has 0 spiro atoms. The quantitative estimate of drug-likeness (QED) is 0.571. The van der Waals surface area contributed by atoms with E-state index in [1.54, 1.807) is 13.2 Å². The number of benzene rings is 2. The highest BCUT2D eigenvalue weighted by atomic mass is 19.4. The molecule has 0 saturated carbocycles. The van der Waals surface area contributed by atoms with Gasteiger partial charge in [-0.15, -0.1) is 0 Å². The van der Waals surface area contributed by atoms with Crippen LogP contribution in [0.2, 0.25) is 0 Å². The summed E-state index contributed by atoms with van der Waals surface area (Å²) in [5.41, 5.74) is 2.89. The molecule has 0 atom stereocenters. The van der Waals surface area contributed by atoms with Crippen molar-refractivity contribution in [2.75, 3.05) is 25.6 Å². The average Bonchev–Trinajstić information content (AvgIpc) is 2.73. The molecule has 2 heterocycles. The first-order chi connectivity index (χ1) is 15.2. The van der Waals surface area contributed by atoms with Crippen molar-refractivity contribution in [3.8, 4) is 16.9 Å². The predicted octanol–water partition coefficient (Wildman–Crippen LogP) is 5.45. The number of hydrogen-bond acceptors (Lipinski definition) is 4. The van der Waals surface area contributed by atoms with Crippen LogP contribution in [0.4, 0.5) is 18.9 Å².